The highest BCUT2D eigenvalue weighted by atomic mass is 32.2. The van der Waals surface area contributed by atoms with E-state index in [1.165, 1.54) is 0 Å². The second-order valence-corrected chi connectivity index (χ2v) is 6.91. The van der Waals surface area contributed by atoms with Gasteiger partial charge >= 0.3 is 0 Å². The van der Waals surface area contributed by atoms with Crippen LogP contribution < -0.4 is 5.32 Å². The summed E-state index contributed by atoms with van der Waals surface area (Å²) in [4.78, 5) is 13.8. The number of carbonyl (C=O) groups excluding carboxylic acids is 1. The molecule has 2 rings (SSSR count). The quantitative estimate of drug-likeness (QED) is 0.660. The molecule has 2 unspecified atom stereocenters. The summed E-state index contributed by atoms with van der Waals surface area (Å²) in [5, 5.41) is 3.16. The Morgan fingerprint density at radius 2 is 2.19 bits per heavy atom. The van der Waals surface area contributed by atoms with Crippen LogP contribution in [0.2, 0.25) is 0 Å². The first-order valence-corrected chi connectivity index (χ1v) is 7.53. The molecular formula is C10H18N2O3S. The molecule has 6 heteroatoms. The number of sulfone groups is 1. The first-order chi connectivity index (χ1) is 7.49. The zero-order valence-corrected chi connectivity index (χ0v) is 10.3. The lowest BCUT2D eigenvalue weighted by Gasteiger charge is -2.34. The number of hydrogen-bond donors (Lipinski definition) is 1. The van der Waals surface area contributed by atoms with E-state index in [1.54, 1.807) is 4.90 Å². The first kappa shape index (κ1) is 11.9. The van der Waals surface area contributed by atoms with Crippen molar-refractivity contribution in [1.82, 2.24) is 10.2 Å². The second kappa shape index (κ2) is 4.33. The fraction of sp³-hybridized carbons (Fsp3) is 0.900. The maximum Gasteiger partial charge on any atom is 0.227 e. The number of nitrogens with one attached hydrogen (secondary N) is 1. The maximum atomic E-state index is 12.1. The fourth-order valence-electron chi connectivity index (χ4n) is 2.43. The van der Waals surface area contributed by atoms with Gasteiger partial charge in [0, 0.05) is 19.1 Å². The van der Waals surface area contributed by atoms with Crippen LogP contribution in [-0.4, -0.2) is 56.4 Å². The monoisotopic (exact) mass is 246 g/mol. The molecule has 5 nitrogen and oxygen atoms in total. The van der Waals surface area contributed by atoms with Crippen molar-refractivity contribution in [1.29, 1.82) is 0 Å². The van der Waals surface area contributed by atoms with Crippen molar-refractivity contribution < 1.29 is 13.2 Å². The summed E-state index contributed by atoms with van der Waals surface area (Å²) in [6.07, 6.45) is 0.870. The van der Waals surface area contributed by atoms with Crippen LogP contribution in [0.1, 0.15) is 13.3 Å². The molecule has 0 aliphatic carbocycles. The smallest absolute Gasteiger partial charge is 0.227 e. The number of amides is 1. The lowest BCUT2D eigenvalue weighted by molar-refractivity contribution is -0.136. The van der Waals surface area contributed by atoms with Gasteiger partial charge in [-0.25, -0.2) is 8.42 Å². The summed E-state index contributed by atoms with van der Waals surface area (Å²) >= 11 is 0. The summed E-state index contributed by atoms with van der Waals surface area (Å²) in [5.74, 6) is 0.387. The van der Waals surface area contributed by atoms with E-state index in [0.29, 0.717) is 6.54 Å². The molecule has 2 aliphatic rings. The summed E-state index contributed by atoms with van der Waals surface area (Å²) in [5.41, 5.74) is 0. The molecule has 1 N–H and O–H groups in total. The van der Waals surface area contributed by atoms with Gasteiger partial charge in [-0.05, 0) is 19.9 Å². The molecular weight excluding hydrogens is 228 g/mol. The molecule has 16 heavy (non-hydrogen) atoms. The molecule has 2 atom stereocenters. The van der Waals surface area contributed by atoms with Crippen LogP contribution in [0.15, 0.2) is 0 Å². The Hall–Kier alpha value is -0.620. The topological polar surface area (TPSA) is 66.5 Å². The van der Waals surface area contributed by atoms with E-state index < -0.39 is 9.84 Å². The predicted molar refractivity (Wildman–Crippen MR) is 60.8 cm³/mol. The first-order valence-electron chi connectivity index (χ1n) is 5.71. The summed E-state index contributed by atoms with van der Waals surface area (Å²) in [6, 6.07) is -0.174. The van der Waals surface area contributed by atoms with E-state index >= 15 is 0 Å². The van der Waals surface area contributed by atoms with Crippen LogP contribution in [0.3, 0.4) is 0 Å². The Kier molecular flexibility index (Phi) is 3.21. The predicted octanol–water partition coefficient (Wildman–Crippen LogP) is -0.759. The normalized spacial score (nSPS) is 33.9. The molecule has 0 bridgehead atoms. The van der Waals surface area contributed by atoms with Crippen molar-refractivity contribution >= 4 is 15.7 Å². The van der Waals surface area contributed by atoms with Gasteiger partial charge in [0.05, 0.1) is 17.4 Å². The molecule has 0 aromatic carbocycles. The third kappa shape index (κ3) is 2.38. The Bertz CT molecular complexity index is 374. The molecule has 2 fully saturated rings. The van der Waals surface area contributed by atoms with Gasteiger partial charge in [-0.3, -0.25) is 4.79 Å². The Labute approximate surface area is 96.1 Å². The fourth-order valence-corrected chi connectivity index (χ4v) is 3.98. The number of rotatable bonds is 1. The SMILES string of the molecule is CC1CS(=O)(=O)CCN1C(=O)C1CCNC1. The lowest BCUT2D eigenvalue weighted by atomic mass is 10.1. The van der Waals surface area contributed by atoms with E-state index in [2.05, 4.69) is 5.32 Å². The molecule has 2 heterocycles. The van der Waals surface area contributed by atoms with Crippen LogP contribution in [-0.2, 0) is 14.6 Å². The van der Waals surface area contributed by atoms with Gasteiger partial charge in [0.25, 0.3) is 0 Å². The maximum absolute atomic E-state index is 12.1. The molecule has 2 aliphatic heterocycles. The van der Waals surface area contributed by atoms with Gasteiger partial charge in [0.2, 0.25) is 5.91 Å². The van der Waals surface area contributed by atoms with Crippen LogP contribution >= 0.6 is 0 Å². The van der Waals surface area contributed by atoms with Crippen LogP contribution in [0.5, 0.6) is 0 Å². The zero-order chi connectivity index (χ0) is 11.8. The molecule has 0 spiro atoms. The van der Waals surface area contributed by atoms with Crippen molar-refractivity contribution in [3.63, 3.8) is 0 Å². The van der Waals surface area contributed by atoms with Gasteiger partial charge in [0.15, 0.2) is 9.84 Å². The Morgan fingerprint density at radius 1 is 1.44 bits per heavy atom. The highest BCUT2D eigenvalue weighted by molar-refractivity contribution is 7.91. The summed E-state index contributed by atoms with van der Waals surface area (Å²) in [7, 11) is -2.93. The average Bonchev–Trinajstić information content (AvgIpc) is 2.68. The minimum atomic E-state index is -2.93. The minimum Gasteiger partial charge on any atom is -0.338 e. The van der Waals surface area contributed by atoms with Gasteiger partial charge in [0.1, 0.15) is 0 Å². The number of hydrogen-bond acceptors (Lipinski definition) is 4. The van der Waals surface area contributed by atoms with Crippen molar-refractivity contribution in [3.05, 3.63) is 0 Å². The van der Waals surface area contributed by atoms with E-state index in [9.17, 15) is 13.2 Å². The summed E-state index contributed by atoms with van der Waals surface area (Å²) in [6.45, 7) is 3.79. The van der Waals surface area contributed by atoms with Crippen LogP contribution in [0.4, 0.5) is 0 Å². The van der Waals surface area contributed by atoms with E-state index in [0.717, 1.165) is 19.5 Å². The minimum absolute atomic E-state index is 0.0447. The van der Waals surface area contributed by atoms with Gasteiger partial charge in [-0.2, -0.15) is 0 Å². The largest absolute Gasteiger partial charge is 0.338 e. The lowest BCUT2D eigenvalue weighted by Crippen LogP contribution is -2.51. The van der Waals surface area contributed by atoms with Crippen molar-refractivity contribution in [2.45, 2.75) is 19.4 Å². The molecule has 1 amide bonds. The van der Waals surface area contributed by atoms with Crippen molar-refractivity contribution in [2.24, 2.45) is 5.92 Å². The summed E-state index contributed by atoms with van der Waals surface area (Å²) < 4.78 is 22.8. The Balaban J connectivity index is 2.02. The number of nitrogens with zero attached hydrogens (tertiary/aromatic N) is 1. The molecule has 0 aromatic rings. The Morgan fingerprint density at radius 3 is 2.75 bits per heavy atom. The van der Waals surface area contributed by atoms with Gasteiger partial charge in [-0.1, -0.05) is 0 Å². The molecule has 0 aromatic heterocycles. The van der Waals surface area contributed by atoms with Crippen molar-refractivity contribution in [2.75, 3.05) is 31.1 Å². The average molecular weight is 246 g/mol. The third-order valence-corrected chi connectivity index (χ3v) is 5.16. The number of carbonyl (C=O) groups is 1. The third-order valence-electron chi connectivity index (χ3n) is 3.36. The standard InChI is InChI=1S/C10H18N2O3S/c1-8-7-16(14,15)5-4-12(8)10(13)9-2-3-11-6-9/h8-9,11H,2-7H2,1H3. The second-order valence-electron chi connectivity index (χ2n) is 4.68. The van der Waals surface area contributed by atoms with E-state index in [-0.39, 0.29) is 29.4 Å². The highest BCUT2D eigenvalue weighted by Crippen LogP contribution is 2.18. The molecule has 2 saturated heterocycles. The van der Waals surface area contributed by atoms with Crippen molar-refractivity contribution in [3.8, 4) is 0 Å². The van der Waals surface area contributed by atoms with Crippen LogP contribution in [0, 0.1) is 5.92 Å². The van der Waals surface area contributed by atoms with Gasteiger partial charge < -0.3 is 10.2 Å². The molecule has 0 saturated carbocycles. The van der Waals surface area contributed by atoms with E-state index in [4.69, 9.17) is 0 Å². The molecule has 0 radical (unpaired) electrons. The highest BCUT2D eigenvalue weighted by Gasteiger charge is 2.35. The van der Waals surface area contributed by atoms with Gasteiger partial charge in [-0.15, -0.1) is 0 Å². The van der Waals surface area contributed by atoms with Crippen LogP contribution in [0.25, 0.3) is 0 Å². The molecule has 92 valence electrons. The zero-order valence-electron chi connectivity index (χ0n) is 9.48. The van der Waals surface area contributed by atoms with E-state index in [1.807, 2.05) is 6.92 Å².